The lowest BCUT2D eigenvalue weighted by Crippen LogP contribution is -2.34. The smallest absolute Gasteiger partial charge is 0.303 e. The summed E-state index contributed by atoms with van der Waals surface area (Å²) >= 11 is 6.09. The third-order valence-electron chi connectivity index (χ3n) is 6.74. The summed E-state index contributed by atoms with van der Waals surface area (Å²) in [5, 5.41) is 20.8. The van der Waals surface area contributed by atoms with E-state index in [1.807, 2.05) is 48.5 Å². The van der Waals surface area contributed by atoms with E-state index in [4.69, 9.17) is 26.7 Å². The molecule has 0 fully saturated rings. The Labute approximate surface area is 215 Å². The SMILES string of the molecule is O=C(O)CCCCc1nc2cc(C(O)N3CCc4ccccc4C3)ccc2nc1-c1ccc(Cl)cc1. The molecule has 3 aromatic carbocycles. The van der Waals surface area contributed by atoms with Crippen molar-refractivity contribution in [3.63, 3.8) is 0 Å². The summed E-state index contributed by atoms with van der Waals surface area (Å²) in [7, 11) is 0. The molecule has 2 N–H and O–H groups in total. The van der Waals surface area contributed by atoms with Gasteiger partial charge < -0.3 is 10.2 Å². The Balaban J connectivity index is 1.45. The molecule has 0 spiro atoms. The Bertz CT molecular complexity index is 1390. The first kappa shape index (κ1) is 24.4. The van der Waals surface area contributed by atoms with Crippen molar-refractivity contribution in [2.75, 3.05) is 6.54 Å². The summed E-state index contributed by atoms with van der Waals surface area (Å²) < 4.78 is 0. The summed E-state index contributed by atoms with van der Waals surface area (Å²) in [4.78, 5) is 22.9. The molecule has 0 bridgehead atoms. The van der Waals surface area contributed by atoms with Crippen molar-refractivity contribution in [1.29, 1.82) is 0 Å². The molecule has 4 aromatic rings. The number of benzene rings is 3. The lowest BCUT2D eigenvalue weighted by atomic mass is 9.99. The van der Waals surface area contributed by atoms with Gasteiger partial charge in [0.2, 0.25) is 0 Å². The average molecular weight is 502 g/mol. The fourth-order valence-corrected chi connectivity index (χ4v) is 4.91. The second-order valence-corrected chi connectivity index (χ2v) is 9.67. The van der Waals surface area contributed by atoms with Crippen molar-refractivity contribution in [2.45, 2.75) is 44.9 Å². The molecule has 1 unspecified atom stereocenters. The molecule has 0 radical (unpaired) electrons. The number of hydrogen-bond donors (Lipinski definition) is 2. The number of hydrogen-bond acceptors (Lipinski definition) is 5. The fourth-order valence-electron chi connectivity index (χ4n) is 4.79. The van der Waals surface area contributed by atoms with E-state index in [-0.39, 0.29) is 6.42 Å². The lowest BCUT2D eigenvalue weighted by molar-refractivity contribution is -0.137. The topological polar surface area (TPSA) is 86.5 Å². The van der Waals surface area contributed by atoms with Crippen molar-refractivity contribution in [1.82, 2.24) is 14.9 Å². The van der Waals surface area contributed by atoms with Gasteiger partial charge in [-0.05, 0) is 66.6 Å². The normalized spacial score (nSPS) is 14.5. The zero-order valence-electron chi connectivity index (χ0n) is 19.9. The van der Waals surface area contributed by atoms with Crippen LogP contribution in [0.15, 0.2) is 66.7 Å². The summed E-state index contributed by atoms with van der Waals surface area (Å²) in [5.74, 6) is -0.795. The summed E-state index contributed by atoms with van der Waals surface area (Å²) in [5.41, 5.74) is 7.34. The molecule has 0 aliphatic carbocycles. The molecule has 0 amide bonds. The molecule has 1 aromatic heterocycles. The highest BCUT2D eigenvalue weighted by molar-refractivity contribution is 6.30. The second kappa shape index (κ2) is 10.7. The number of aliphatic hydroxyl groups excluding tert-OH is 1. The van der Waals surface area contributed by atoms with Gasteiger partial charge in [0.15, 0.2) is 0 Å². The number of unbranched alkanes of at least 4 members (excludes halogenated alkanes) is 1. The Morgan fingerprint density at radius 3 is 2.53 bits per heavy atom. The number of carboxylic acids is 1. The third kappa shape index (κ3) is 5.41. The molecule has 2 heterocycles. The van der Waals surface area contributed by atoms with Crippen LogP contribution in [0.5, 0.6) is 0 Å². The average Bonchev–Trinajstić information content (AvgIpc) is 2.90. The van der Waals surface area contributed by atoms with Gasteiger partial charge in [-0.2, -0.15) is 0 Å². The van der Waals surface area contributed by atoms with Crippen LogP contribution in [-0.4, -0.2) is 37.6 Å². The number of aryl methyl sites for hydroxylation is 1. The number of fused-ring (bicyclic) bond motifs is 2. The van der Waals surface area contributed by atoms with Gasteiger partial charge in [-0.3, -0.25) is 9.69 Å². The van der Waals surface area contributed by atoms with Crippen LogP contribution in [0.3, 0.4) is 0 Å². The van der Waals surface area contributed by atoms with Gasteiger partial charge >= 0.3 is 5.97 Å². The maximum Gasteiger partial charge on any atom is 0.303 e. The second-order valence-electron chi connectivity index (χ2n) is 9.24. The monoisotopic (exact) mass is 501 g/mol. The maximum absolute atomic E-state index is 11.2. The van der Waals surface area contributed by atoms with Gasteiger partial charge in [0, 0.05) is 30.1 Å². The van der Waals surface area contributed by atoms with Crippen LogP contribution in [0, 0.1) is 0 Å². The molecular weight excluding hydrogens is 474 g/mol. The third-order valence-corrected chi connectivity index (χ3v) is 6.99. The van der Waals surface area contributed by atoms with Crippen LogP contribution in [0.25, 0.3) is 22.3 Å². The fraction of sp³-hybridized carbons (Fsp3) is 0.276. The number of rotatable bonds is 8. The van der Waals surface area contributed by atoms with Crippen LogP contribution in [0.4, 0.5) is 0 Å². The van der Waals surface area contributed by atoms with Crippen molar-refractivity contribution < 1.29 is 15.0 Å². The predicted molar refractivity (Wildman–Crippen MR) is 141 cm³/mol. The number of halogens is 1. The van der Waals surface area contributed by atoms with E-state index in [0.29, 0.717) is 30.8 Å². The van der Waals surface area contributed by atoms with Gasteiger partial charge in [-0.15, -0.1) is 0 Å². The summed E-state index contributed by atoms with van der Waals surface area (Å²) in [6.07, 6.45) is 2.19. The van der Waals surface area contributed by atoms with Gasteiger partial charge in [0.25, 0.3) is 0 Å². The number of carboxylic acid groups (broad SMARTS) is 1. The molecule has 36 heavy (non-hydrogen) atoms. The van der Waals surface area contributed by atoms with Crippen molar-refractivity contribution >= 4 is 28.6 Å². The standard InChI is InChI=1S/C29H28ClN3O3/c30-23-12-9-20(10-13-23)28-25(7-3-4-8-27(34)35)31-26-17-21(11-14-24(26)32-28)29(36)33-16-15-19-5-1-2-6-22(19)18-33/h1-2,5-6,9-14,17,29,36H,3-4,7-8,15-16,18H2,(H,34,35). The molecule has 6 nitrogen and oxygen atoms in total. The van der Waals surface area contributed by atoms with Gasteiger partial charge in [-0.25, -0.2) is 9.97 Å². The van der Waals surface area contributed by atoms with Crippen LogP contribution in [0.2, 0.25) is 5.02 Å². The molecule has 5 rings (SSSR count). The molecule has 184 valence electrons. The number of aliphatic hydroxyl groups is 1. The minimum atomic E-state index is -0.795. The largest absolute Gasteiger partial charge is 0.481 e. The zero-order chi connectivity index (χ0) is 25.1. The van der Waals surface area contributed by atoms with E-state index in [0.717, 1.165) is 46.5 Å². The van der Waals surface area contributed by atoms with Gasteiger partial charge in [0.05, 0.1) is 22.4 Å². The first-order valence-corrected chi connectivity index (χ1v) is 12.6. The number of carbonyl (C=O) groups is 1. The van der Waals surface area contributed by atoms with E-state index in [9.17, 15) is 9.90 Å². The van der Waals surface area contributed by atoms with Crippen LogP contribution in [0.1, 0.15) is 47.9 Å². The Kier molecular flexibility index (Phi) is 7.28. The molecule has 0 saturated carbocycles. The number of aromatic nitrogens is 2. The summed E-state index contributed by atoms with van der Waals surface area (Å²) in [6, 6.07) is 21.6. The number of aliphatic carboxylic acids is 1. The van der Waals surface area contributed by atoms with Crippen LogP contribution in [-0.2, 0) is 24.2 Å². The van der Waals surface area contributed by atoms with Crippen molar-refractivity contribution in [3.8, 4) is 11.3 Å². The molecule has 1 aliphatic rings. The highest BCUT2D eigenvalue weighted by Crippen LogP contribution is 2.30. The minimum absolute atomic E-state index is 0.132. The quantitative estimate of drug-likeness (QED) is 0.297. The number of nitrogens with zero attached hydrogens (tertiary/aromatic N) is 3. The van der Waals surface area contributed by atoms with E-state index >= 15 is 0 Å². The van der Waals surface area contributed by atoms with Gasteiger partial charge in [0.1, 0.15) is 6.23 Å². The molecule has 1 atom stereocenters. The molecule has 0 saturated heterocycles. The lowest BCUT2D eigenvalue weighted by Gasteiger charge is -2.32. The molecule has 1 aliphatic heterocycles. The van der Waals surface area contributed by atoms with Crippen molar-refractivity contribution in [2.24, 2.45) is 0 Å². The maximum atomic E-state index is 11.2. The Hall–Kier alpha value is -3.32. The Morgan fingerprint density at radius 1 is 0.972 bits per heavy atom. The van der Waals surface area contributed by atoms with E-state index in [1.54, 1.807) is 0 Å². The minimum Gasteiger partial charge on any atom is -0.481 e. The van der Waals surface area contributed by atoms with E-state index in [1.165, 1.54) is 11.1 Å². The van der Waals surface area contributed by atoms with E-state index < -0.39 is 12.2 Å². The highest BCUT2D eigenvalue weighted by Gasteiger charge is 2.23. The summed E-state index contributed by atoms with van der Waals surface area (Å²) in [6.45, 7) is 1.48. The molecule has 7 heteroatoms. The van der Waals surface area contributed by atoms with Crippen molar-refractivity contribution in [3.05, 3.63) is 94.1 Å². The molecular formula is C29H28ClN3O3. The first-order chi connectivity index (χ1) is 17.5. The predicted octanol–water partition coefficient (Wildman–Crippen LogP) is 5.80. The van der Waals surface area contributed by atoms with Gasteiger partial charge in [-0.1, -0.05) is 54.1 Å². The Morgan fingerprint density at radius 2 is 1.75 bits per heavy atom. The van der Waals surface area contributed by atoms with E-state index in [2.05, 4.69) is 23.1 Å². The highest BCUT2D eigenvalue weighted by atomic mass is 35.5. The zero-order valence-corrected chi connectivity index (χ0v) is 20.7. The first-order valence-electron chi connectivity index (χ1n) is 12.2. The van der Waals surface area contributed by atoms with Crippen LogP contribution >= 0.6 is 11.6 Å². The van der Waals surface area contributed by atoms with Crippen LogP contribution < -0.4 is 0 Å².